The number of nitrogens with one attached hydrogen (secondary N) is 2. The van der Waals surface area contributed by atoms with Gasteiger partial charge in [-0.25, -0.2) is 9.18 Å². The molecule has 5 nitrogen and oxygen atoms in total. The van der Waals surface area contributed by atoms with E-state index in [1.807, 2.05) is 13.8 Å². The van der Waals surface area contributed by atoms with Gasteiger partial charge >= 0.3 is 6.03 Å². The fraction of sp³-hybridized carbons (Fsp3) is 0.222. The number of urea groups is 1. The van der Waals surface area contributed by atoms with E-state index < -0.39 is 5.82 Å². The van der Waals surface area contributed by atoms with Crippen LogP contribution in [0.1, 0.15) is 24.2 Å². The van der Waals surface area contributed by atoms with Crippen molar-refractivity contribution in [3.8, 4) is 0 Å². The largest absolute Gasteiger partial charge is 0.325 e. The van der Waals surface area contributed by atoms with Gasteiger partial charge in [0.15, 0.2) is 0 Å². The topological polar surface area (TPSA) is 61.4 Å². The molecule has 6 heteroatoms. The number of nitrogens with zero attached hydrogens (tertiary/aromatic N) is 1. The first-order valence-corrected chi connectivity index (χ1v) is 7.76. The maximum atomic E-state index is 13.2. The lowest BCUT2D eigenvalue weighted by Crippen LogP contribution is -2.34. The molecule has 3 amide bonds. The SMILES string of the molecule is CCN(CC)C(=O)Nc1cccc(C(=O)Nc2cccc(F)c2)c1. The minimum Gasteiger partial charge on any atom is -0.325 e. The van der Waals surface area contributed by atoms with Crippen molar-refractivity contribution in [1.82, 2.24) is 4.90 Å². The Hall–Kier alpha value is -2.89. The second kappa shape index (κ2) is 8.10. The minimum absolute atomic E-state index is 0.220. The first-order valence-electron chi connectivity index (χ1n) is 7.76. The van der Waals surface area contributed by atoms with Gasteiger partial charge in [0.2, 0.25) is 0 Å². The van der Waals surface area contributed by atoms with Gasteiger partial charge < -0.3 is 15.5 Å². The van der Waals surface area contributed by atoms with Gasteiger partial charge in [-0.05, 0) is 50.2 Å². The zero-order valence-electron chi connectivity index (χ0n) is 13.7. The highest BCUT2D eigenvalue weighted by Gasteiger charge is 2.11. The van der Waals surface area contributed by atoms with Crippen LogP contribution in [0.2, 0.25) is 0 Å². The van der Waals surface area contributed by atoms with Crippen molar-refractivity contribution < 1.29 is 14.0 Å². The summed E-state index contributed by atoms with van der Waals surface area (Å²) in [6.45, 7) is 4.99. The number of carbonyl (C=O) groups is 2. The molecule has 24 heavy (non-hydrogen) atoms. The summed E-state index contributed by atoms with van der Waals surface area (Å²) in [6, 6.07) is 12.0. The molecular formula is C18H20FN3O2. The van der Waals surface area contributed by atoms with Crippen LogP contribution in [0.15, 0.2) is 48.5 Å². The van der Waals surface area contributed by atoms with Crippen LogP contribution in [0.25, 0.3) is 0 Å². The molecule has 0 bridgehead atoms. The number of hydrogen-bond acceptors (Lipinski definition) is 2. The molecule has 2 rings (SSSR count). The smallest absolute Gasteiger partial charge is 0.321 e. The Kier molecular flexibility index (Phi) is 5.89. The lowest BCUT2D eigenvalue weighted by molar-refractivity contribution is 0.102. The summed E-state index contributed by atoms with van der Waals surface area (Å²) < 4.78 is 13.2. The summed E-state index contributed by atoms with van der Waals surface area (Å²) in [6.07, 6.45) is 0. The van der Waals surface area contributed by atoms with Crippen molar-refractivity contribution in [1.29, 1.82) is 0 Å². The van der Waals surface area contributed by atoms with Gasteiger partial charge in [-0.2, -0.15) is 0 Å². The molecule has 0 radical (unpaired) electrons. The molecule has 0 saturated heterocycles. The predicted octanol–water partition coefficient (Wildman–Crippen LogP) is 3.95. The summed E-state index contributed by atoms with van der Waals surface area (Å²) in [5, 5.41) is 5.38. The fourth-order valence-electron chi connectivity index (χ4n) is 2.22. The minimum atomic E-state index is -0.423. The van der Waals surface area contributed by atoms with E-state index in [0.29, 0.717) is 30.0 Å². The van der Waals surface area contributed by atoms with E-state index in [1.54, 1.807) is 35.2 Å². The van der Waals surface area contributed by atoms with Crippen LogP contribution >= 0.6 is 0 Å². The van der Waals surface area contributed by atoms with Crippen molar-refractivity contribution >= 4 is 23.3 Å². The average molecular weight is 329 g/mol. The maximum Gasteiger partial charge on any atom is 0.321 e. The molecule has 2 aromatic carbocycles. The normalized spacial score (nSPS) is 10.1. The average Bonchev–Trinajstić information content (AvgIpc) is 2.56. The van der Waals surface area contributed by atoms with Crippen LogP contribution in [0.3, 0.4) is 0 Å². The second-order valence-corrected chi connectivity index (χ2v) is 5.15. The molecule has 0 saturated carbocycles. The molecule has 126 valence electrons. The van der Waals surface area contributed by atoms with Crippen molar-refractivity contribution in [2.45, 2.75) is 13.8 Å². The van der Waals surface area contributed by atoms with Crippen molar-refractivity contribution in [3.05, 3.63) is 59.9 Å². The number of hydrogen-bond donors (Lipinski definition) is 2. The van der Waals surface area contributed by atoms with Gasteiger partial charge in [-0.3, -0.25) is 4.79 Å². The van der Waals surface area contributed by atoms with E-state index in [9.17, 15) is 14.0 Å². The standard InChI is InChI=1S/C18H20FN3O2/c1-3-22(4-2)18(24)21-15-9-5-7-13(11-15)17(23)20-16-10-6-8-14(19)12-16/h5-12H,3-4H2,1-2H3,(H,20,23)(H,21,24). The van der Waals surface area contributed by atoms with Gasteiger partial charge in [0.25, 0.3) is 5.91 Å². The third-order valence-corrected chi connectivity index (χ3v) is 3.51. The highest BCUT2D eigenvalue weighted by Crippen LogP contribution is 2.15. The lowest BCUT2D eigenvalue weighted by Gasteiger charge is -2.19. The number of anilines is 2. The van der Waals surface area contributed by atoms with Gasteiger partial charge in [-0.15, -0.1) is 0 Å². The number of amides is 3. The van der Waals surface area contributed by atoms with E-state index >= 15 is 0 Å². The van der Waals surface area contributed by atoms with Crippen molar-refractivity contribution in [2.75, 3.05) is 23.7 Å². The third-order valence-electron chi connectivity index (χ3n) is 3.51. The number of benzene rings is 2. The molecule has 2 N–H and O–H groups in total. The van der Waals surface area contributed by atoms with Gasteiger partial charge in [0.05, 0.1) is 0 Å². The van der Waals surface area contributed by atoms with E-state index in [0.717, 1.165) is 0 Å². The Morgan fingerprint density at radius 2 is 1.58 bits per heavy atom. The summed E-state index contributed by atoms with van der Waals surface area (Å²) in [5.74, 6) is -0.799. The molecule has 0 aliphatic carbocycles. The van der Waals surface area contributed by atoms with E-state index in [2.05, 4.69) is 10.6 Å². The quantitative estimate of drug-likeness (QED) is 0.872. The highest BCUT2D eigenvalue weighted by atomic mass is 19.1. The molecule has 2 aromatic rings. The molecule has 0 aliphatic heterocycles. The third kappa shape index (κ3) is 4.55. The Bertz CT molecular complexity index is 730. The molecule has 0 heterocycles. The van der Waals surface area contributed by atoms with Crippen molar-refractivity contribution in [2.24, 2.45) is 0 Å². The zero-order valence-corrected chi connectivity index (χ0v) is 13.7. The van der Waals surface area contributed by atoms with E-state index in [1.165, 1.54) is 18.2 Å². The molecule has 0 aromatic heterocycles. The molecule has 0 fully saturated rings. The lowest BCUT2D eigenvalue weighted by atomic mass is 10.2. The Labute approximate surface area is 140 Å². The Morgan fingerprint density at radius 1 is 0.958 bits per heavy atom. The van der Waals surface area contributed by atoms with Crippen LogP contribution in [-0.4, -0.2) is 29.9 Å². The number of carbonyl (C=O) groups excluding carboxylic acids is 2. The summed E-state index contributed by atoms with van der Waals surface area (Å²) in [5.41, 5.74) is 1.27. The van der Waals surface area contributed by atoms with Gasteiger partial charge in [0, 0.05) is 30.0 Å². The summed E-state index contributed by atoms with van der Waals surface area (Å²) in [4.78, 5) is 25.9. The van der Waals surface area contributed by atoms with Crippen LogP contribution in [0.4, 0.5) is 20.6 Å². The summed E-state index contributed by atoms with van der Waals surface area (Å²) in [7, 11) is 0. The van der Waals surface area contributed by atoms with E-state index in [4.69, 9.17) is 0 Å². The molecule has 0 spiro atoms. The predicted molar refractivity (Wildman–Crippen MR) is 92.7 cm³/mol. The first kappa shape index (κ1) is 17.5. The van der Waals surface area contributed by atoms with Crippen LogP contribution < -0.4 is 10.6 Å². The molecule has 0 atom stereocenters. The van der Waals surface area contributed by atoms with E-state index in [-0.39, 0.29) is 11.9 Å². The van der Waals surface area contributed by atoms with Crippen LogP contribution in [-0.2, 0) is 0 Å². The monoisotopic (exact) mass is 329 g/mol. The van der Waals surface area contributed by atoms with Crippen molar-refractivity contribution in [3.63, 3.8) is 0 Å². The maximum absolute atomic E-state index is 13.2. The van der Waals surface area contributed by atoms with Gasteiger partial charge in [0.1, 0.15) is 5.82 Å². The second-order valence-electron chi connectivity index (χ2n) is 5.15. The molecule has 0 aliphatic rings. The zero-order chi connectivity index (χ0) is 17.5. The summed E-state index contributed by atoms with van der Waals surface area (Å²) >= 11 is 0. The number of halogens is 1. The van der Waals surface area contributed by atoms with Crippen LogP contribution in [0, 0.1) is 5.82 Å². The molecule has 0 unspecified atom stereocenters. The Morgan fingerprint density at radius 3 is 2.21 bits per heavy atom. The Balaban J connectivity index is 2.09. The highest BCUT2D eigenvalue weighted by molar-refractivity contribution is 6.05. The first-order chi connectivity index (χ1) is 11.5. The van der Waals surface area contributed by atoms with Gasteiger partial charge in [-0.1, -0.05) is 12.1 Å². The van der Waals surface area contributed by atoms with Crippen LogP contribution in [0.5, 0.6) is 0 Å². The fourth-order valence-corrected chi connectivity index (χ4v) is 2.22. The molecular weight excluding hydrogens is 309 g/mol. The number of rotatable bonds is 5.